The summed E-state index contributed by atoms with van der Waals surface area (Å²) < 4.78 is 4.95. The maximum Gasteiger partial charge on any atom is 0.378 e. The van der Waals surface area contributed by atoms with Crippen molar-refractivity contribution in [3.8, 4) is 5.75 Å². The lowest BCUT2D eigenvalue weighted by molar-refractivity contribution is -0.133. The fourth-order valence-electron chi connectivity index (χ4n) is 1.17. The number of carbonyl (C=O) groups excluding carboxylic acids is 1. The second kappa shape index (κ2) is 6.67. The van der Waals surface area contributed by atoms with Crippen molar-refractivity contribution >= 4 is 5.97 Å². The van der Waals surface area contributed by atoms with Gasteiger partial charge in [-0.25, -0.2) is 4.79 Å². The molecule has 0 radical (unpaired) electrons. The van der Waals surface area contributed by atoms with Crippen LogP contribution in [0, 0.1) is 0 Å². The number of aliphatic hydroxyl groups excluding tert-OH is 1. The quantitative estimate of drug-likeness (QED) is 0.272. The molecule has 86 valence electrons. The number of rotatable bonds is 5. The minimum Gasteiger partial charge on any atom is -0.502 e. The van der Waals surface area contributed by atoms with Gasteiger partial charge in [0.25, 0.3) is 0 Å². The van der Waals surface area contributed by atoms with E-state index in [0.29, 0.717) is 12.2 Å². The third-order valence-corrected chi connectivity index (χ3v) is 2.06. The molecule has 3 heteroatoms. The molecule has 0 fully saturated rings. The van der Waals surface area contributed by atoms with Crippen LogP contribution >= 0.6 is 0 Å². The van der Waals surface area contributed by atoms with Gasteiger partial charge >= 0.3 is 5.97 Å². The molecule has 1 aromatic carbocycles. The summed E-state index contributed by atoms with van der Waals surface area (Å²) in [6, 6.07) is 8.68. The maximum atomic E-state index is 11.4. The molecule has 0 saturated carbocycles. The van der Waals surface area contributed by atoms with Crippen LogP contribution in [0.2, 0.25) is 0 Å². The van der Waals surface area contributed by atoms with Gasteiger partial charge in [-0.2, -0.15) is 0 Å². The Hall–Kier alpha value is -1.77. The number of unbranched alkanes of at least 4 members (excludes halogenated alkanes) is 2. The number of aliphatic hydroxyl groups is 1. The van der Waals surface area contributed by atoms with Gasteiger partial charge < -0.3 is 9.84 Å². The van der Waals surface area contributed by atoms with E-state index in [1.165, 1.54) is 6.08 Å². The molecule has 1 N–H and O–H groups in total. The zero-order chi connectivity index (χ0) is 11.8. The molecule has 0 aromatic heterocycles. The summed E-state index contributed by atoms with van der Waals surface area (Å²) in [6.45, 7) is 2.05. The second-order valence-corrected chi connectivity index (χ2v) is 3.43. The van der Waals surface area contributed by atoms with Crippen molar-refractivity contribution in [2.24, 2.45) is 0 Å². The van der Waals surface area contributed by atoms with Crippen molar-refractivity contribution in [1.82, 2.24) is 0 Å². The minimum absolute atomic E-state index is 0.322. The van der Waals surface area contributed by atoms with Crippen molar-refractivity contribution in [2.75, 3.05) is 0 Å². The van der Waals surface area contributed by atoms with Crippen LogP contribution in [0.15, 0.2) is 42.2 Å². The van der Waals surface area contributed by atoms with E-state index < -0.39 is 5.97 Å². The summed E-state index contributed by atoms with van der Waals surface area (Å²) in [5.41, 5.74) is 0. The largest absolute Gasteiger partial charge is 0.502 e. The van der Waals surface area contributed by atoms with Gasteiger partial charge in [0, 0.05) is 0 Å². The Morgan fingerprint density at radius 3 is 2.69 bits per heavy atom. The fourth-order valence-corrected chi connectivity index (χ4v) is 1.17. The van der Waals surface area contributed by atoms with Gasteiger partial charge in [0.15, 0.2) is 5.76 Å². The summed E-state index contributed by atoms with van der Waals surface area (Å²) in [5.74, 6) is -0.595. The topological polar surface area (TPSA) is 46.5 Å². The number of benzene rings is 1. The van der Waals surface area contributed by atoms with Crippen LogP contribution in [0.25, 0.3) is 0 Å². The molecule has 16 heavy (non-hydrogen) atoms. The zero-order valence-electron chi connectivity index (χ0n) is 9.35. The Bertz CT molecular complexity index is 355. The van der Waals surface area contributed by atoms with Gasteiger partial charge in [0.1, 0.15) is 5.75 Å². The monoisotopic (exact) mass is 220 g/mol. The molecule has 0 aliphatic rings. The van der Waals surface area contributed by atoms with Gasteiger partial charge in [-0.05, 0) is 31.1 Å². The van der Waals surface area contributed by atoms with E-state index in [2.05, 4.69) is 0 Å². The summed E-state index contributed by atoms with van der Waals surface area (Å²) in [6.07, 6.45) is 4.15. The summed E-state index contributed by atoms with van der Waals surface area (Å²) in [4.78, 5) is 11.4. The first-order valence-corrected chi connectivity index (χ1v) is 5.40. The van der Waals surface area contributed by atoms with Crippen LogP contribution in [0.5, 0.6) is 5.75 Å². The van der Waals surface area contributed by atoms with E-state index in [-0.39, 0.29) is 5.76 Å². The van der Waals surface area contributed by atoms with E-state index >= 15 is 0 Å². The Morgan fingerprint density at radius 1 is 1.38 bits per heavy atom. The van der Waals surface area contributed by atoms with Gasteiger partial charge in [0.05, 0.1) is 0 Å². The van der Waals surface area contributed by atoms with Crippen LogP contribution in [0.4, 0.5) is 0 Å². The van der Waals surface area contributed by atoms with Crippen LogP contribution in [-0.2, 0) is 4.79 Å². The summed E-state index contributed by atoms with van der Waals surface area (Å²) in [7, 11) is 0. The fraction of sp³-hybridized carbons (Fsp3) is 0.308. The molecular formula is C13H16O3. The molecule has 1 aromatic rings. The maximum absolute atomic E-state index is 11.4. The van der Waals surface area contributed by atoms with Gasteiger partial charge in [-0.3, -0.25) is 0 Å². The molecule has 0 saturated heterocycles. The Labute approximate surface area is 95.4 Å². The van der Waals surface area contributed by atoms with E-state index in [1.54, 1.807) is 24.3 Å². The predicted molar refractivity (Wildman–Crippen MR) is 62.3 cm³/mol. The lowest BCUT2D eigenvalue weighted by atomic mass is 10.2. The molecule has 3 nitrogen and oxygen atoms in total. The van der Waals surface area contributed by atoms with Crippen LogP contribution in [-0.4, -0.2) is 11.1 Å². The average Bonchev–Trinajstić information content (AvgIpc) is 2.30. The van der Waals surface area contributed by atoms with Crippen molar-refractivity contribution < 1.29 is 14.6 Å². The van der Waals surface area contributed by atoms with E-state index in [4.69, 9.17) is 4.74 Å². The number of carbonyl (C=O) groups is 1. The SMILES string of the molecule is CCCCC=C(O)C(=O)Oc1ccccc1. The van der Waals surface area contributed by atoms with Crippen molar-refractivity contribution in [3.63, 3.8) is 0 Å². The highest BCUT2D eigenvalue weighted by Gasteiger charge is 2.09. The Morgan fingerprint density at radius 2 is 2.06 bits per heavy atom. The summed E-state index contributed by atoms with van der Waals surface area (Å²) in [5, 5.41) is 9.39. The van der Waals surface area contributed by atoms with E-state index in [9.17, 15) is 9.90 Å². The number of hydrogen-bond donors (Lipinski definition) is 1. The van der Waals surface area contributed by atoms with Gasteiger partial charge in [0.2, 0.25) is 0 Å². The molecule has 0 bridgehead atoms. The van der Waals surface area contributed by atoms with E-state index in [0.717, 1.165) is 12.8 Å². The molecule has 1 rings (SSSR count). The first-order valence-electron chi connectivity index (χ1n) is 5.40. The highest BCUT2D eigenvalue weighted by molar-refractivity contribution is 5.87. The first kappa shape index (κ1) is 12.3. The highest BCUT2D eigenvalue weighted by Crippen LogP contribution is 2.10. The molecule has 0 heterocycles. The minimum atomic E-state index is -0.706. The zero-order valence-corrected chi connectivity index (χ0v) is 9.35. The molecule has 0 aliphatic carbocycles. The number of para-hydroxylation sites is 1. The lowest BCUT2D eigenvalue weighted by Crippen LogP contribution is -2.10. The number of ether oxygens (including phenoxy) is 1. The highest BCUT2D eigenvalue weighted by atomic mass is 16.5. The van der Waals surface area contributed by atoms with Crippen molar-refractivity contribution in [3.05, 3.63) is 42.2 Å². The van der Waals surface area contributed by atoms with E-state index in [1.807, 2.05) is 13.0 Å². The predicted octanol–water partition coefficient (Wildman–Crippen LogP) is 3.22. The normalized spacial score (nSPS) is 11.2. The smallest absolute Gasteiger partial charge is 0.378 e. The molecule has 0 amide bonds. The molecular weight excluding hydrogens is 204 g/mol. The number of hydrogen-bond acceptors (Lipinski definition) is 3. The Balaban J connectivity index is 2.49. The third-order valence-electron chi connectivity index (χ3n) is 2.06. The van der Waals surface area contributed by atoms with Gasteiger partial charge in [-0.1, -0.05) is 31.5 Å². The van der Waals surface area contributed by atoms with Gasteiger partial charge in [-0.15, -0.1) is 0 Å². The molecule has 0 aliphatic heterocycles. The van der Waals surface area contributed by atoms with Crippen molar-refractivity contribution in [1.29, 1.82) is 0 Å². The third kappa shape index (κ3) is 4.17. The summed E-state index contributed by atoms with van der Waals surface area (Å²) >= 11 is 0. The van der Waals surface area contributed by atoms with Crippen molar-refractivity contribution in [2.45, 2.75) is 26.2 Å². The first-order chi connectivity index (χ1) is 7.74. The number of allylic oxidation sites excluding steroid dienone is 1. The molecule has 0 unspecified atom stereocenters. The molecule has 0 spiro atoms. The lowest BCUT2D eigenvalue weighted by Gasteiger charge is -2.02. The Kier molecular flexibility index (Phi) is 5.12. The van der Waals surface area contributed by atoms with Crippen LogP contribution in [0.1, 0.15) is 26.2 Å². The second-order valence-electron chi connectivity index (χ2n) is 3.43. The molecule has 0 atom stereocenters. The standard InChI is InChI=1S/C13H16O3/c1-2-3-5-10-12(14)13(15)16-11-8-6-4-7-9-11/h4,6-10,14H,2-3,5H2,1H3. The average molecular weight is 220 g/mol. The van der Waals surface area contributed by atoms with Crippen LogP contribution in [0.3, 0.4) is 0 Å². The number of esters is 1. The van der Waals surface area contributed by atoms with Crippen LogP contribution < -0.4 is 4.74 Å².